The third-order valence-electron chi connectivity index (χ3n) is 3.56. The minimum absolute atomic E-state index is 0.0964. The Morgan fingerprint density at radius 1 is 1.27 bits per heavy atom. The zero-order chi connectivity index (χ0) is 11.1. The minimum Gasteiger partial charge on any atom is -0.381 e. The summed E-state index contributed by atoms with van der Waals surface area (Å²) >= 11 is 0. The number of rotatable bonds is 6. The van der Waals surface area contributed by atoms with Gasteiger partial charge in [-0.2, -0.15) is 0 Å². The first-order valence-corrected chi connectivity index (χ1v) is 6.18. The van der Waals surface area contributed by atoms with Crippen molar-refractivity contribution in [2.45, 2.75) is 45.1 Å². The lowest BCUT2D eigenvalue weighted by Crippen LogP contribution is -2.46. The van der Waals surface area contributed by atoms with Crippen molar-refractivity contribution < 1.29 is 9.47 Å². The highest BCUT2D eigenvalue weighted by Crippen LogP contribution is 2.25. The molecule has 0 aromatic rings. The lowest BCUT2D eigenvalue weighted by atomic mass is 9.93. The summed E-state index contributed by atoms with van der Waals surface area (Å²) in [6, 6.07) is 0. The van der Waals surface area contributed by atoms with E-state index in [4.69, 9.17) is 15.2 Å². The quantitative estimate of drug-likeness (QED) is 0.736. The van der Waals surface area contributed by atoms with Gasteiger partial charge in [-0.15, -0.1) is 0 Å². The van der Waals surface area contributed by atoms with E-state index in [0.717, 1.165) is 32.7 Å². The van der Waals surface area contributed by atoms with Gasteiger partial charge < -0.3 is 15.2 Å². The second-order valence-corrected chi connectivity index (χ2v) is 4.49. The van der Waals surface area contributed by atoms with Crippen LogP contribution < -0.4 is 5.73 Å². The van der Waals surface area contributed by atoms with Gasteiger partial charge >= 0.3 is 0 Å². The van der Waals surface area contributed by atoms with Crippen LogP contribution in [0.15, 0.2) is 0 Å². The Morgan fingerprint density at radius 3 is 2.33 bits per heavy atom. The molecule has 0 radical (unpaired) electrons. The summed E-state index contributed by atoms with van der Waals surface area (Å²) in [5.74, 6) is 0.677. The van der Waals surface area contributed by atoms with Crippen LogP contribution in [-0.2, 0) is 9.47 Å². The molecule has 0 aromatic carbocycles. The second kappa shape index (κ2) is 6.46. The summed E-state index contributed by atoms with van der Waals surface area (Å²) in [6.45, 7) is 7.49. The van der Waals surface area contributed by atoms with E-state index < -0.39 is 0 Å². The molecule has 0 bridgehead atoms. The third kappa shape index (κ3) is 3.74. The molecule has 1 fully saturated rings. The SMILES string of the molecule is CCC(CC)COC1(CN)CCOCC1. The van der Waals surface area contributed by atoms with E-state index in [0.29, 0.717) is 12.5 Å². The van der Waals surface area contributed by atoms with Crippen molar-refractivity contribution in [3.8, 4) is 0 Å². The highest BCUT2D eigenvalue weighted by Gasteiger charge is 2.32. The third-order valence-corrected chi connectivity index (χ3v) is 3.56. The molecule has 0 aliphatic carbocycles. The molecule has 1 aliphatic rings. The van der Waals surface area contributed by atoms with Gasteiger partial charge in [-0.1, -0.05) is 26.7 Å². The number of hydrogen-bond donors (Lipinski definition) is 1. The lowest BCUT2D eigenvalue weighted by molar-refractivity contribution is -0.114. The Morgan fingerprint density at radius 2 is 1.87 bits per heavy atom. The van der Waals surface area contributed by atoms with Gasteiger partial charge in [0.1, 0.15) is 0 Å². The summed E-state index contributed by atoms with van der Waals surface area (Å²) in [7, 11) is 0. The Kier molecular flexibility index (Phi) is 5.58. The van der Waals surface area contributed by atoms with E-state index in [1.54, 1.807) is 0 Å². The molecule has 2 N–H and O–H groups in total. The van der Waals surface area contributed by atoms with Crippen molar-refractivity contribution in [1.82, 2.24) is 0 Å². The van der Waals surface area contributed by atoms with Crippen molar-refractivity contribution in [2.75, 3.05) is 26.4 Å². The van der Waals surface area contributed by atoms with Crippen molar-refractivity contribution >= 4 is 0 Å². The molecule has 1 aliphatic heterocycles. The monoisotopic (exact) mass is 215 g/mol. The molecule has 1 saturated heterocycles. The van der Waals surface area contributed by atoms with Crippen LogP contribution in [0.1, 0.15) is 39.5 Å². The van der Waals surface area contributed by atoms with Gasteiger partial charge in [0.15, 0.2) is 0 Å². The number of nitrogens with two attached hydrogens (primary N) is 1. The average Bonchev–Trinajstić information content (AvgIpc) is 2.31. The Hall–Kier alpha value is -0.120. The molecule has 0 spiro atoms. The highest BCUT2D eigenvalue weighted by molar-refractivity contribution is 4.84. The molecule has 3 heteroatoms. The smallest absolute Gasteiger partial charge is 0.0848 e. The van der Waals surface area contributed by atoms with Gasteiger partial charge in [-0.25, -0.2) is 0 Å². The normalized spacial score (nSPS) is 20.8. The van der Waals surface area contributed by atoms with Crippen LogP contribution in [0.3, 0.4) is 0 Å². The summed E-state index contributed by atoms with van der Waals surface area (Å²) < 4.78 is 11.4. The molecule has 3 nitrogen and oxygen atoms in total. The molecule has 1 heterocycles. The van der Waals surface area contributed by atoms with Crippen molar-refractivity contribution in [3.05, 3.63) is 0 Å². The van der Waals surface area contributed by atoms with Crippen LogP contribution in [0, 0.1) is 5.92 Å². The van der Waals surface area contributed by atoms with Crippen molar-refractivity contribution in [1.29, 1.82) is 0 Å². The highest BCUT2D eigenvalue weighted by atomic mass is 16.5. The van der Waals surface area contributed by atoms with E-state index in [1.165, 1.54) is 12.8 Å². The van der Waals surface area contributed by atoms with Gasteiger partial charge in [0.25, 0.3) is 0 Å². The average molecular weight is 215 g/mol. The van der Waals surface area contributed by atoms with Crippen LogP contribution in [0.25, 0.3) is 0 Å². The van der Waals surface area contributed by atoms with Gasteiger partial charge in [0.2, 0.25) is 0 Å². The molecular formula is C12H25NO2. The minimum atomic E-state index is -0.0964. The fraction of sp³-hybridized carbons (Fsp3) is 1.00. The molecule has 0 aromatic heterocycles. The predicted molar refractivity (Wildman–Crippen MR) is 61.9 cm³/mol. The molecule has 0 atom stereocenters. The van der Waals surface area contributed by atoms with Gasteiger partial charge in [-0.05, 0) is 5.92 Å². The maximum atomic E-state index is 6.06. The van der Waals surface area contributed by atoms with E-state index in [1.807, 2.05) is 0 Å². The standard InChI is InChI=1S/C12H25NO2/c1-3-11(4-2)9-15-12(10-13)5-7-14-8-6-12/h11H,3-10,13H2,1-2H3. The Balaban J connectivity index is 2.38. The van der Waals surface area contributed by atoms with E-state index in [2.05, 4.69) is 13.8 Å². The molecule has 90 valence electrons. The van der Waals surface area contributed by atoms with Crippen LogP contribution in [0.4, 0.5) is 0 Å². The summed E-state index contributed by atoms with van der Waals surface area (Å²) in [4.78, 5) is 0. The van der Waals surface area contributed by atoms with Crippen LogP contribution >= 0.6 is 0 Å². The number of hydrogen-bond acceptors (Lipinski definition) is 3. The van der Waals surface area contributed by atoms with Crippen molar-refractivity contribution in [3.63, 3.8) is 0 Å². The largest absolute Gasteiger partial charge is 0.381 e. The van der Waals surface area contributed by atoms with E-state index in [9.17, 15) is 0 Å². The summed E-state index contributed by atoms with van der Waals surface area (Å²) in [5, 5.41) is 0. The lowest BCUT2D eigenvalue weighted by Gasteiger charge is -2.37. The maximum absolute atomic E-state index is 6.06. The molecule has 15 heavy (non-hydrogen) atoms. The Bertz CT molecular complexity index is 163. The second-order valence-electron chi connectivity index (χ2n) is 4.49. The van der Waals surface area contributed by atoms with Crippen LogP contribution in [0.5, 0.6) is 0 Å². The zero-order valence-electron chi connectivity index (χ0n) is 10.1. The molecule has 0 saturated carbocycles. The van der Waals surface area contributed by atoms with Crippen LogP contribution in [-0.4, -0.2) is 32.0 Å². The van der Waals surface area contributed by atoms with Crippen molar-refractivity contribution in [2.24, 2.45) is 11.7 Å². The molecular weight excluding hydrogens is 190 g/mol. The summed E-state index contributed by atoms with van der Waals surface area (Å²) in [6.07, 6.45) is 4.27. The van der Waals surface area contributed by atoms with Gasteiger partial charge in [-0.3, -0.25) is 0 Å². The first kappa shape index (κ1) is 12.9. The molecule has 0 amide bonds. The topological polar surface area (TPSA) is 44.5 Å². The van der Waals surface area contributed by atoms with Gasteiger partial charge in [0, 0.05) is 32.6 Å². The summed E-state index contributed by atoms with van der Waals surface area (Å²) in [5.41, 5.74) is 5.73. The first-order chi connectivity index (χ1) is 7.26. The van der Waals surface area contributed by atoms with E-state index >= 15 is 0 Å². The predicted octanol–water partition coefficient (Wildman–Crippen LogP) is 1.95. The maximum Gasteiger partial charge on any atom is 0.0848 e. The number of ether oxygens (including phenoxy) is 2. The first-order valence-electron chi connectivity index (χ1n) is 6.18. The fourth-order valence-corrected chi connectivity index (χ4v) is 1.97. The van der Waals surface area contributed by atoms with E-state index in [-0.39, 0.29) is 5.60 Å². The Labute approximate surface area is 93.3 Å². The zero-order valence-corrected chi connectivity index (χ0v) is 10.1. The molecule has 0 unspecified atom stereocenters. The molecule has 1 rings (SSSR count). The fourth-order valence-electron chi connectivity index (χ4n) is 1.97. The van der Waals surface area contributed by atoms with Crippen LogP contribution in [0.2, 0.25) is 0 Å². The van der Waals surface area contributed by atoms with Gasteiger partial charge in [0.05, 0.1) is 12.2 Å².